The van der Waals surface area contributed by atoms with Gasteiger partial charge in [0.25, 0.3) is 0 Å². The summed E-state index contributed by atoms with van der Waals surface area (Å²) in [5, 5.41) is 0. The first-order valence-corrected chi connectivity index (χ1v) is 7.07. The van der Waals surface area contributed by atoms with E-state index in [4.69, 9.17) is 0 Å². The third-order valence-corrected chi connectivity index (χ3v) is 3.41. The summed E-state index contributed by atoms with van der Waals surface area (Å²) in [5.41, 5.74) is 0.710. The number of carbonyl (C=O) groups is 2. The van der Waals surface area contributed by atoms with E-state index in [2.05, 4.69) is 13.2 Å². The monoisotopic (exact) mass is 324 g/mol. The van der Waals surface area contributed by atoms with E-state index in [1.807, 2.05) is 0 Å². The van der Waals surface area contributed by atoms with Crippen molar-refractivity contribution in [3.63, 3.8) is 0 Å². The molecule has 0 saturated heterocycles. The summed E-state index contributed by atoms with van der Waals surface area (Å²) in [6.07, 6.45) is 2.29. The molecule has 120 valence electrons. The third kappa shape index (κ3) is 3.60. The molecule has 0 bridgehead atoms. The van der Waals surface area contributed by atoms with Gasteiger partial charge in [0.2, 0.25) is 0 Å². The van der Waals surface area contributed by atoms with E-state index < -0.39 is 11.7 Å². The maximum absolute atomic E-state index is 14.3. The molecule has 0 aliphatic heterocycles. The number of rotatable bonds is 6. The van der Waals surface area contributed by atoms with Gasteiger partial charge in [0, 0.05) is 22.3 Å². The molecule has 0 aromatic heterocycles. The molecule has 2 rings (SSSR count). The van der Waals surface area contributed by atoms with E-state index >= 15 is 0 Å². The summed E-state index contributed by atoms with van der Waals surface area (Å²) >= 11 is 0. The highest BCUT2D eigenvalue weighted by Crippen LogP contribution is 2.29. The van der Waals surface area contributed by atoms with Gasteiger partial charge in [-0.3, -0.25) is 9.59 Å². The van der Waals surface area contributed by atoms with Gasteiger partial charge >= 0.3 is 0 Å². The van der Waals surface area contributed by atoms with Crippen molar-refractivity contribution >= 4 is 23.2 Å². The summed E-state index contributed by atoms with van der Waals surface area (Å²) in [6.45, 7) is 6.73. The number of hydrogen-bond donors (Lipinski definition) is 0. The Bertz CT molecular complexity index is 757. The molecule has 2 aromatic rings. The molecule has 0 heterocycles. The van der Waals surface area contributed by atoms with Crippen LogP contribution in [0.1, 0.15) is 31.8 Å². The highest BCUT2D eigenvalue weighted by molar-refractivity contribution is 6.05. The number of ketones is 2. The number of allylic oxidation sites excluding steroid dienone is 2. The molecule has 0 unspecified atom stereocenters. The lowest BCUT2D eigenvalue weighted by Gasteiger charge is -2.04. The van der Waals surface area contributed by atoms with Crippen molar-refractivity contribution in [3.05, 3.63) is 96.1 Å². The maximum Gasteiger partial charge on any atom is 0.185 e. The van der Waals surface area contributed by atoms with Gasteiger partial charge in [-0.2, -0.15) is 0 Å². The largest absolute Gasteiger partial charge is 0.289 e. The molecule has 0 aliphatic carbocycles. The zero-order valence-corrected chi connectivity index (χ0v) is 12.8. The van der Waals surface area contributed by atoms with Crippen LogP contribution in [0.25, 0.3) is 11.7 Å². The van der Waals surface area contributed by atoms with E-state index in [1.165, 1.54) is 48.5 Å². The zero-order chi connectivity index (χ0) is 17.7. The minimum Gasteiger partial charge on any atom is -0.289 e. The van der Waals surface area contributed by atoms with Crippen LogP contribution in [-0.2, 0) is 0 Å². The molecule has 0 N–H and O–H groups in total. The molecule has 24 heavy (non-hydrogen) atoms. The molecule has 0 radical (unpaired) electrons. The van der Waals surface area contributed by atoms with Crippen LogP contribution in [-0.4, -0.2) is 11.6 Å². The zero-order valence-electron chi connectivity index (χ0n) is 12.8. The predicted octanol–water partition coefficient (Wildman–Crippen LogP) is 5.19. The van der Waals surface area contributed by atoms with E-state index in [-0.39, 0.29) is 22.7 Å². The second-order valence-electron chi connectivity index (χ2n) is 4.92. The van der Waals surface area contributed by atoms with Gasteiger partial charge in [-0.1, -0.05) is 61.7 Å². The Morgan fingerprint density at radius 1 is 0.625 bits per heavy atom. The van der Waals surface area contributed by atoms with Crippen LogP contribution < -0.4 is 0 Å². The first-order chi connectivity index (χ1) is 11.5. The van der Waals surface area contributed by atoms with Crippen molar-refractivity contribution in [1.29, 1.82) is 0 Å². The first-order valence-electron chi connectivity index (χ1n) is 7.07. The first kappa shape index (κ1) is 17.2. The van der Waals surface area contributed by atoms with Gasteiger partial charge in [0.1, 0.15) is 0 Å². The average Bonchev–Trinajstić information content (AvgIpc) is 2.65. The number of benzene rings is 2. The van der Waals surface area contributed by atoms with Gasteiger partial charge in [-0.05, 0) is 12.2 Å². The molecule has 2 aromatic carbocycles. The van der Waals surface area contributed by atoms with E-state index in [9.17, 15) is 18.4 Å². The molecule has 4 heteroatoms. The van der Waals surface area contributed by atoms with Crippen molar-refractivity contribution in [3.8, 4) is 0 Å². The number of halogens is 2. The summed E-state index contributed by atoms with van der Waals surface area (Å²) in [4.78, 5) is 22.9. The lowest BCUT2D eigenvalue weighted by Crippen LogP contribution is -1.94. The Morgan fingerprint density at radius 2 is 0.875 bits per heavy atom. The Balaban J connectivity index is 2.33. The van der Waals surface area contributed by atoms with Crippen molar-refractivity contribution in [2.75, 3.05) is 0 Å². The number of carbonyl (C=O) groups excluding carboxylic acids is 2. The molecule has 0 fully saturated rings. The quantitative estimate of drug-likeness (QED) is 0.416. The molecule has 0 spiro atoms. The van der Waals surface area contributed by atoms with Gasteiger partial charge < -0.3 is 0 Å². The average molecular weight is 324 g/mol. The van der Waals surface area contributed by atoms with Crippen LogP contribution in [0, 0.1) is 0 Å². The highest BCUT2D eigenvalue weighted by Gasteiger charge is 2.13. The van der Waals surface area contributed by atoms with Crippen LogP contribution >= 0.6 is 0 Å². The normalized spacial score (nSPS) is 11.4. The molecule has 2 nitrogen and oxygen atoms in total. The molecule has 0 aliphatic rings. The molecule has 0 saturated carbocycles. The summed E-state index contributed by atoms with van der Waals surface area (Å²) < 4.78 is 28.5. The van der Waals surface area contributed by atoms with E-state index in [1.54, 1.807) is 0 Å². The maximum atomic E-state index is 14.3. The fourth-order valence-corrected chi connectivity index (χ4v) is 2.05. The lowest BCUT2D eigenvalue weighted by atomic mass is 10.0. The van der Waals surface area contributed by atoms with Gasteiger partial charge in [-0.25, -0.2) is 8.78 Å². The Kier molecular flexibility index (Phi) is 5.32. The fourth-order valence-electron chi connectivity index (χ4n) is 2.05. The third-order valence-electron chi connectivity index (χ3n) is 3.41. The topological polar surface area (TPSA) is 34.1 Å². The minimum atomic E-state index is -1.05. The van der Waals surface area contributed by atoms with Crippen LogP contribution in [0.5, 0.6) is 0 Å². The predicted molar refractivity (Wildman–Crippen MR) is 91.0 cm³/mol. The van der Waals surface area contributed by atoms with Crippen molar-refractivity contribution in [1.82, 2.24) is 0 Å². The van der Waals surface area contributed by atoms with Crippen molar-refractivity contribution in [2.24, 2.45) is 0 Å². The Hall–Kier alpha value is -3.14. The molecular formula is C20H14F2O2. The van der Waals surface area contributed by atoms with Gasteiger partial charge in [0.15, 0.2) is 23.2 Å². The van der Waals surface area contributed by atoms with Crippen LogP contribution in [0.15, 0.2) is 73.8 Å². The SMILES string of the molecule is C=CC(=O)c1ccc(C(F)=C(F)c2ccc(C(=O)C=C)cc2)cc1. The standard InChI is InChI=1S/C20H14F2O2/c1-3-17(23)13-5-9-15(10-6-13)19(21)20(22)16-11-7-14(8-12-16)18(24)4-2/h3-12H,1-2H2. The highest BCUT2D eigenvalue weighted by atomic mass is 19.2. The molecule has 0 amide bonds. The van der Waals surface area contributed by atoms with E-state index in [0.29, 0.717) is 11.1 Å². The summed E-state index contributed by atoms with van der Waals surface area (Å²) in [5.74, 6) is -2.69. The number of hydrogen-bond acceptors (Lipinski definition) is 2. The minimum absolute atomic E-state index is 0.0133. The molecule has 0 atom stereocenters. The second kappa shape index (κ2) is 7.42. The summed E-state index contributed by atoms with van der Waals surface area (Å²) in [7, 11) is 0. The smallest absolute Gasteiger partial charge is 0.185 e. The Labute approximate surface area is 138 Å². The van der Waals surface area contributed by atoms with Crippen molar-refractivity contribution in [2.45, 2.75) is 0 Å². The second-order valence-corrected chi connectivity index (χ2v) is 4.92. The van der Waals surface area contributed by atoms with E-state index in [0.717, 1.165) is 12.2 Å². The van der Waals surface area contributed by atoms with Gasteiger partial charge in [-0.15, -0.1) is 0 Å². The van der Waals surface area contributed by atoms with Crippen molar-refractivity contribution < 1.29 is 18.4 Å². The molecular weight excluding hydrogens is 310 g/mol. The van der Waals surface area contributed by atoms with Crippen LogP contribution in [0.4, 0.5) is 8.78 Å². The Morgan fingerprint density at radius 3 is 1.12 bits per heavy atom. The lowest BCUT2D eigenvalue weighted by molar-refractivity contribution is 0.103. The fraction of sp³-hybridized carbons (Fsp3) is 0. The van der Waals surface area contributed by atoms with Gasteiger partial charge in [0.05, 0.1) is 0 Å². The van der Waals surface area contributed by atoms with Crippen LogP contribution in [0.3, 0.4) is 0 Å². The van der Waals surface area contributed by atoms with Crippen LogP contribution in [0.2, 0.25) is 0 Å². The summed E-state index contributed by atoms with van der Waals surface area (Å²) in [6, 6.07) is 10.9.